The zero-order valence-corrected chi connectivity index (χ0v) is 11.6. The second kappa shape index (κ2) is 6.14. The van der Waals surface area contributed by atoms with E-state index in [0.717, 1.165) is 11.8 Å². The Balaban J connectivity index is 5.36. The molecule has 19 heavy (non-hydrogen) atoms. The number of nitrogens with zero attached hydrogens (tertiary/aromatic N) is 2. The van der Waals surface area contributed by atoms with Gasteiger partial charge < -0.3 is 0 Å². The first-order valence-electron chi connectivity index (χ1n) is 5.33. The maximum absolute atomic E-state index is 12.2. The number of rotatable bonds is 4. The van der Waals surface area contributed by atoms with Crippen molar-refractivity contribution in [2.24, 2.45) is 5.41 Å². The van der Waals surface area contributed by atoms with Crippen molar-refractivity contribution in [3.05, 3.63) is 4.91 Å². The number of halogens is 3. The van der Waals surface area contributed by atoms with Crippen molar-refractivity contribution in [1.82, 2.24) is 0 Å². The minimum Gasteiger partial charge on any atom is -0.233 e. The maximum Gasteiger partial charge on any atom is 0.389 e. The van der Waals surface area contributed by atoms with Crippen LogP contribution in [0.15, 0.2) is 4.91 Å². The van der Waals surface area contributed by atoms with Crippen molar-refractivity contribution in [3.8, 4) is 12.1 Å². The summed E-state index contributed by atoms with van der Waals surface area (Å²) < 4.78 is 36.2. The number of carbonyl (C=O) groups excluding carboxylic acids is 1. The Morgan fingerprint density at radius 3 is 1.84 bits per heavy atom. The molecule has 3 nitrogen and oxygen atoms in total. The summed E-state index contributed by atoms with van der Waals surface area (Å²) >= 11 is 0.889. The van der Waals surface area contributed by atoms with Crippen LogP contribution in [0.25, 0.3) is 0 Å². The summed E-state index contributed by atoms with van der Waals surface area (Å²) in [5, 5.41) is 18.0. The predicted octanol–water partition coefficient (Wildman–Crippen LogP) is 3.61. The second-order valence-corrected chi connectivity index (χ2v) is 6.73. The summed E-state index contributed by atoms with van der Waals surface area (Å²) in [4.78, 5) is 10.6. The third-order valence-electron chi connectivity index (χ3n) is 2.05. The molecule has 0 aliphatic rings. The molecule has 0 N–H and O–H groups in total. The molecule has 0 fully saturated rings. The SMILES string of the molecule is CC(C)(C)SC(=C=O)C(C#N)(C#N)CCC(F)(F)F. The molecular formula is C12H13F3N2OS. The molecule has 0 unspecified atom stereocenters. The smallest absolute Gasteiger partial charge is 0.233 e. The van der Waals surface area contributed by atoms with Crippen molar-refractivity contribution in [3.63, 3.8) is 0 Å². The van der Waals surface area contributed by atoms with E-state index in [1.807, 2.05) is 0 Å². The van der Waals surface area contributed by atoms with E-state index < -0.39 is 29.2 Å². The molecule has 104 valence electrons. The number of allylic oxidation sites excluding steroid dienone is 1. The monoisotopic (exact) mass is 290 g/mol. The molecule has 0 aromatic heterocycles. The van der Waals surface area contributed by atoms with E-state index in [1.165, 1.54) is 18.1 Å². The van der Waals surface area contributed by atoms with Crippen LogP contribution in [0.5, 0.6) is 0 Å². The van der Waals surface area contributed by atoms with E-state index in [9.17, 15) is 18.0 Å². The normalized spacial score (nSPS) is 12.2. The molecule has 0 saturated heterocycles. The van der Waals surface area contributed by atoms with E-state index >= 15 is 0 Å². The van der Waals surface area contributed by atoms with Crippen LogP contribution in [0, 0.1) is 28.1 Å². The third-order valence-corrected chi connectivity index (χ3v) is 3.30. The van der Waals surface area contributed by atoms with Gasteiger partial charge in [-0.2, -0.15) is 23.7 Å². The van der Waals surface area contributed by atoms with Crippen molar-refractivity contribution >= 4 is 17.7 Å². The van der Waals surface area contributed by atoms with Gasteiger partial charge in [0.2, 0.25) is 0 Å². The highest BCUT2D eigenvalue weighted by Crippen LogP contribution is 2.44. The van der Waals surface area contributed by atoms with Gasteiger partial charge in [0.1, 0.15) is 10.8 Å². The van der Waals surface area contributed by atoms with Crippen LogP contribution >= 0.6 is 11.8 Å². The molecule has 7 heteroatoms. The van der Waals surface area contributed by atoms with E-state index in [-0.39, 0.29) is 4.91 Å². The summed E-state index contributed by atoms with van der Waals surface area (Å²) in [6.07, 6.45) is -6.56. The van der Waals surface area contributed by atoms with Crippen LogP contribution in [-0.4, -0.2) is 16.9 Å². The Labute approximate surface area is 114 Å². The average molecular weight is 290 g/mol. The fourth-order valence-electron chi connectivity index (χ4n) is 1.18. The van der Waals surface area contributed by atoms with Gasteiger partial charge in [-0.05, 0) is 6.42 Å². The lowest BCUT2D eigenvalue weighted by atomic mass is 9.86. The molecule has 0 radical (unpaired) electrons. The first-order valence-corrected chi connectivity index (χ1v) is 6.15. The van der Waals surface area contributed by atoms with Crippen molar-refractivity contribution in [2.45, 2.75) is 44.5 Å². The van der Waals surface area contributed by atoms with Crippen LogP contribution in [0.1, 0.15) is 33.6 Å². The number of thioether (sulfide) groups is 1. The fraction of sp³-hybridized carbons (Fsp3) is 0.667. The zero-order valence-electron chi connectivity index (χ0n) is 10.8. The van der Waals surface area contributed by atoms with E-state index in [4.69, 9.17) is 10.5 Å². The van der Waals surface area contributed by atoms with Gasteiger partial charge in [-0.15, -0.1) is 11.8 Å². The molecule has 0 amide bonds. The Morgan fingerprint density at radius 2 is 1.58 bits per heavy atom. The van der Waals surface area contributed by atoms with Gasteiger partial charge >= 0.3 is 6.18 Å². The van der Waals surface area contributed by atoms with E-state index in [2.05, 4.69) is 0 Å². The van der Waals surface area contributed by atoms with E-state index in [1.54, 1.807) is 20.8 Å². The lowest BCUT2D eigenvalue weighted by Crippen LogP contribution is -2.24. The van der Waals surface area contributed by atoms with Crippen LogP contribution in [0.4, 0.5) is 13.2 Å². The standard InChI is InChI=1S/C12H13F3N2OS/c1-10(2,3)19-9(6-18)11(7-16,8-17)4-5-12(13,14)15/h4-5H2,1-3H3. The van der Waals surface area contributed by atoms with Gasteiger partial charge in [0.25, 0.3) is 0 Å². The van der Waals surface area contributed by atoms with Crippen molar-refractivity contribution < 1.29 is 18.0 Å². The van der Waals surface area contributed by atoms with Crippen LogP contribution in [0.3, 0.4) is 0 Å². The van der Waals surface area contributed by atoms with Crippen LogP contribution < -0.4 is 0 Å². The number of hydrogen-bond donors (Lipinski definition) is 0. The van der Waals surface area contributed by atoms with Crippen LogP contribution in [-0.2, 0) is 4.79 Å². The lowest BCUT2D eigenvalue weighted by Gasteiger charge is -2.25. The summed E-state index contributed by atoms with van der Waals surface area (Å²) in [6, 6.07) is 3.06. The molecule has 0 aliphatic carbocycles. The first-order chi connectivity index (χ1) is 8.49. The minimum atomic E-state index is -4.49. The van der Waals surface area contributed by atoms with Crippen molar-refractivity contribution in [1.29, 1.82) is 10.5 Å². The highest BCUT2D eigenvalue weighted by molar-refractivity contribution is 8.04. The van der Waals surface area contributed by atoms with Gasteiger partial charge in [0, 0.05) is 11.2 Å². The molecule has 0 saturated carbocycles. The summed E-state index contributed by atoms with van der Waals surface area (Å²) in [5.74, 6) is 1.45. The molecule has 0 heterocycles. The number of hydrogen-bond acceptors (Lipinski definition) is 4. The molecule has 0 atom stereocenters. The zero-order chi connectivity index (χ0) is 15.3. The van der Waals surface area contributed by atoms with Crippen LogP contribution in [0.2, 0.25) is 0 Å². The Morgan fingerprint density at radius 1 is 1.11 bits per heavy atom. The largest absolute Gasteiger partial charge is 0.389 e. The van der Waals surface area contributed by atoms with Crippen molar-refractivity contribution in [2.75, 3.05) is 0 Å². The Bertz CT molecular complexity index is 445. The van der Waals surface area contributed by atoms with Gasteiger partial charge in [-0.1, -0.05) is 20.8 Å². The molecular weight excluding hydrogens is 277 g/mol. The second-order valence-electron chi connectivity index (χ2n) is 4.89. The highest BCUT2D eigenvalue weighted by Gasteiger charge is 2.42. The van der Waals surface area contributed by atoms with E-state index in [0.29, 0.717) is 0 Å². The molecule has 0 spiro atoms. The number of alkyl halides is 3. The Hall–Kier alpha value is -1.43. The first kappa shape index (κ1) is 17.6. The third kappa shape index (κ3) is 5.83. The molecule has 0 bridgehead atoms. The summed E-state index contributed by atoms with van der Waals surface area (Å²) in [5.41, 5.74) is -2.09. The highest BCUT2D eigenvalue weighted by atomic mass is 32.2. The molecule has 0 aromatic rings. The maximum atomic E-state index is 12.2. The lowest BCUT2D eigenvalue weighted by molar-refractivity contribution is -0.137. The fourth-order valence-corrected chi connectivity index (χ4v) is 2.20. The summed E-state index contributed by atoms with van der Waals surface area (Å²) in [6.45, 7) is 5.16. The molecule has 0 rings (SSSR count). The topological polar surface area (TPSA) is 64.7 Å². The predicted molar refractivity (Wildman–Crippen MR) is 65.5 cm³/mol. The molecule has 0 aromatic carbocycles. The quantitative estimate of drug-likeness (QED) is 0.742. The van der Waals surface area contributed by atoms with Gasteiger partial charge in [0.05, 0.1) is 12.1 Å². The van der Waals surface area contributed by atoms with Gasteiger partial charge in [-0.25, -0.2) is 4.79 Å². The Kier molecular flexibility index (Phi) is 5.68. The number of nitriles is 2. The summed E-state index contributed by atoms with van der Waals surface area (Å²) in [7, 11) is 0. The van der Waals surface area contributed by atoms with Gasteiger partial charge in [0.15, 0.2) is 5.41 Å². The average Bonchev–Trinajstić information content (AvgIpc) is 2.26. The molecule has 0 aliphatic heterocycles. The minimum absolute atomic E-state index is 0.297. The van der Waals surface area contributed by atoms with Gasteiger partial charge in [-0.3, -0.25) is 0 Å².